The van der Waals surface area contributed by atoms with Crippen molar-refractivity contribution >= 4 is 5.91 Å². The minimum Gasteiger partial charge on any atom is -0.497 e. The number of likely N-dealkylation sites (tertiary alicyclic amines) is 1. The summed E-state index contributed by atoms with van der Waals surface area (Å²) in [6, 6.07) is 7.21. The molecule has 0 aromatic heterocycles. The van der Waals surface area contributed by atoms with Gasteiger partial charge in [0.15, 0.2) is 0 Å². The standard InChI is InChI=1S/C25H40N2O2/c1-6-13-27(18-19-11-14-26(15-12-19)24(28)25(2,3)4)22-9-7-20-8-10-23(29-5)17-21(20)16-22/h8,10,17,19,22H,6-7,9,11-16,18H2,1-5H3. The smallest absolute Gasteiger partial charge is 0.227 e. The number of carbonyl (C=O) groups is 1. The lowest BCUT2D eigenvalue weighted by molar-refractivity contribution is -0.141. The predicted molar refractivity (Wildman–Crippen MR) is 119 cm³/mol. The van der Waals surface area contributed by atoms with Gasteiger partial charge >= 0.3 is 0 Å². The van der Waals surface area contributed by atoms with Gasteiger partial charge in [-0.1, -0.05) is 33.8 Å². The van der Waals surface area contributed by atoms with E-state index < -0.39 is 0 Å². The summed E-state index contributed by atoms with van der Waals surface area (Å²) in [5.41, 5.74) is 2.69. The van der Waals surface area contributed by atoms with Crippen LogP contribution >= 0.6 is 0 Å². The lowest BCUT2D eigenvalue weighted by atomic mass is 9.86. The van der Waals surface area contributed by atoms with Crippen LogP contribution in [0, 0.1) is 11.3 Å². The number of rotatable bonds is 6. The average Bonchev–Trinajstić information content (AvgIpc) is 2.72. The molecule has 0 saturated carbocycles. The first-order chi connectivity index (χ1) is 13.8. The zero-order chi connectivity index (χ0) is 21.0. The number of nitrogens with zero attached hydrogens (tertiary/aromatic N) is 2. The third-order valence-electron chi connectivity index (χ3n) is 6.68. The Bertz CT molecular complexity index is 687. The van der Waals surface area contributed by atoms with Crippen molar-refractivity contribution in [3.63, 3.8) is 0 Å². The van der Waals surface area contributed by atoms with Crippen LogP contribution in [0.3, 0.4) is 0 Å². The fourth-order valence-corrected chi connectivity index (χ4v) is 4.99. The highest BCUT2D eigenvalue weighted by molar-refractivity contribution is 5.81. The van der Waals surface area contributed by atoms with Gasteiger partial charge in [0.05, 0.1) is 7.11 Å². The second kappa shape index (κ2) is 9.51. The first kappa shape index (κ1) is 22.1. The Morgan fingerprint density at radius 2 is 1.90 bits per heavy atom. The molecule has 162 valence electrons. The van der Waals surface area contributed by atoms with Crippen molar-refractivity contribution in [1.82, 2.24) is 9.80 Å². The molecule has 0 radical (unpaired) electrons. The zero-order valence-electron chi connectivity index (χ0n) is 19.2. The number of ether oxygens (including phenoxy) is 1. The lowest BCUT2D eigenvalue weighted by Gasteiger charge is -2.40. The van der Waals surface area contributed by atoms with Crippen molar-refractivity contribution in [2.45, 2.75) is 72.3 Å². The van der Waals surface area contributed by atoms with Crippen LogP contribution in [0.1, 0.15) is 64.5 Å². The largest absolute Gasteiger partial charge is 0.497 e. The minimum atomic E-state index is -0.266. The second-order valence-corrected chi connectivity index (χ2v) is 10.0. The van der Waals surface area contributed by atoms with Crippen molar-refractivity contribution in [2.24, 2.45) is 11.3 Å². The van der Waals surface area contributed by atoms with Crippen molar-refractivity contribution < 1.29 is 9.53 Å². The molecule has 1 heterocycles. The summed E-state index contributed by atoms with van der Waals surface area (Å²) in [5, 5.41) is 0. The van der Waals surface area contributed by atoms with E-state index in [2.05, 4.69) is 34.9 Å². The van der Waals surface area contributed by atoms with E-state index in [0.29, 0.717) is 17.9 Å². The van der Waals surface area contributed by atoms with Crippen LogP contribution in [0.15, 0.2) is 18.2 Å². The van der Waals surface area contributed by atoms with Crippen LogP contribution in [-0.4, -0.2) is 55.0 Å². The highest BCUT2D eigenvalue weighted by Gasteiger charge is 2.32. The van der Waals surface area contributed by atoms with Crippen LogP contribution in [0.4, 0.5) is 0 Å². The Morgan fingerprint density at radius 1 is 1.17 bits per heavy atom. The first-order valence-corrected chi connectivity index (χ1v) is 11.5. The van der Waals surface area contributed by atoms with E-state index >= 15 is 0 Å². The van der Waals surface area contributed by atoms with Gasteiger partial charge in [-0.05, 0) is 74.2 Å². The molecule has 1 aromatic carbocycles. The molecular weight excluding hydrogens is 360 g/mol. The molecule has 0 N–H and O–H groups in total. The van der Waals surface area contributed by atoms with Gasteiger partial charge in [0.2, 0.25) is 5.91 Å². The number of carbonyl (C=O) groups excluding carboxylic acids is 1. The SMILES string of the molecule is CCCN(CC1CCN(C(=O)C(C)(C)C)CC1)C1CCc2ccc(OC)cc2C1. The summed E-state index contributed by atoms with van der Waals surface area (Å²) >= 11 is 0. The average molecular weight is 401 g/mol. The van der Waals surface area contributed by atoms with E-state index in [0.717, 1.165) is 38.1 Å². The van der Waals surface area contributed by atoms with Crippen molar-refractivity contribution in [3.8, 4) is 5.75 Å². The maximum absolute atomic E-state index is 12.6. The molecule has 4 heteroatoms. The molecular formula is C25H40N2O2. The number of benzene rings is 1. The molecule has 1 aliphatic heterocycles. The monoisotopic (exact) mass is 400 g/mol. The highest BCUT2D eigenvalue weighted by Crippen LogP contribution is 2.30. The number of aryl methyl sites for hydroxylation is 1. The number of methoxy groups -OCH3 is 1. The minimum absolute atomic E-state index is 0.266. The Morgan fingerprint density at radius 3 is 2.52 bits per heavy atom. The first-order valence-electron chi connectivity index (χ1n) is 11.5. The van der Waals surface area contributed by atoms with E-state index in [-0.39, 0.29) is 5.41 Å². The van der Waals surface area contributed by atoms with Crippen LogP contribution in [0.5, 0.6) is 5.75 Å². The van der Waals surface area contributed by atoms with Gasteiger partial charge in [-0.2, -0.15) is 0 Å². The number of hydrogen-bond acceptors (Lipinski definition) is 3. The highest BCUT2D eigenvalue weighted by atomic mass is 16.5. The fourth-order valence-electron chi connectivity index (χ4n) is 4.99. The number of amides is 1. The molecule has 1 fully saturated rings. The molecule has 1 aromatic rings. The molecule has 1 amide bonds. The Kier molecular flexibility index (Phi) is 7.26. The molecule has 29 heavy (non-hydrogen) atoms. The summed E-state index contributed by atoms with van der Waals surface area (Å²) < 4.78 is 5.45. The van der Waals surface area contributed by atoms with Crippen LogP contribution in [0.2, 0.25) is 0 Å². The third kappa shape index (κ3) is 5.53. The lowest BCUT2D eigenvalue weighted by Crippen LogP contribution is -2.47. The van der Waals surface area contributed by atoms with Gasteiger partial charge < -0.3 is 9.64 Å². The van der Waals surface area contributed by atoms with Gasteiger partial charge in [0, 0.05) is 31.1 Å². The predicted octanol–water partition coefficient (Wildman–Crippen LogP) is 4.55. The third-order valence-corrected chi connectivity index (χ3v) is 6.68. The van der Waals surface area contributed by atoms with E-state index in [1.165, 1.54) is 43.5 Å². The maximum Gasteiger partial charge on any atom is 0.227 e. The summed E-state index contributed by atoms with van der Waals surface area (Å²) in [7, 11) is 1.75. The van der Waals surface area contributed by atoms with Gasteiger partial charge in [-0.25, -0.2) is 0 Å². The molecule has 0 spiro atoms. The summed E-state index contributed by atoms with van der Waals surface area (Å²) in [4.78, 5) is 17.4. The van der Waals surface area contributed by atoms with E-state index in [1.807, 2.05) is 20.8 Å². The Labute approximate surface area is 177 Å². The van der Waals surface area contributed by atoms with Crippen molar-refractivity contribution in [3.05, 3.63) is 29.3 Å². The zero-order valence-corrected chi connectivity index (χ0v) is 19.2. The Hall–Kier alpha value is -1.55. The molecule has 1 unspecified atom stereocenters. The van der Waals surface area contributed by atoms with Crippen LogP contribution in [0.25, 0.3) is 0 Å². The maximum atomic E-state index is 12.6. The van der Waals surface area contributed by atoms with Crippen LogP contribution < -0.4 is 4.74 Å². The van der Waals surface area contributed by atoms with Crippen molar-refractivity contribution in [1.29, 1.82) is 0 Å². The molecule has 4 nitrogen and oxygen atoms in total. The molecule has 3 rings (SSSR count). The molecule has 1 aliphatic carbocycles. The van der Waals surface area contributed by atoms with E-state index in [4.69, 9.17) is 4.74 Å². The molecule has 1 saturated heterocycles. The molecule has 0 bridgehead atoms. The molecule has 1 atom stereocenters. The Balaban J connectivity index is 1.59. The summed E-state index contributed by atoms with van der Waals surface area (Å²) in [6.45, 7) is 12.6. The molecule has 2 aliphatic rings. The number of hydrogen-bond donors (Lipinski definition) is 0. The van der Waals surface area contributed by atoms with E-state index in [9.17, 15) is 4.79 Å². The second-order valence-electron chi connectivity index (χ2n) is 10.0. The van der Waals surface area contributed by atoms with Gasteiger partial charge in [-0.3, -0.25) is 9.69 Å². The van der Waals surface area contributed by atoms with Gasteiger partial charge in [-0.15, -0.1) is 0 Å². The van der Waals surface area contributed by atoms with Gasteiger partial charge in [0.1, 0.15) is 5.75 Å². The van der Waals surface area contributed by atoms with E-state index in [1.54, 1.807) is 7.11 Å². The number of fused-ring (bicyclic) bond motifs is 1. The van der Waals surface area contributed by atoms with Gasteiger partial charge in [0.25, 0.3) is 0 Å². The topological polar surface area (TPSA) is 32.8 Å². The van der Waals surface area contributed by atoms with Crippen LogP contribution in [-0.2, 0) is 17.6 Å². The quantitative estimate of drug-likeness (QED) is 0.702. The summed E-state index contributed by atoms with van der Waals surface area (Å²) in [6.07, 6.45) is 7.03. The summed E-state index contributed by atoms with van der Waals surface area (Å²) in [5.74, 6) is 1.99. The fraction of sp³-hybridized carbons (Fsp3) is 0.720. The number of piperidine rings is 1. The normalized spacial score (nSPS) is 20.6. The van der Waals surface area contributed by atoms with Crippen molar-refractivity contribution in [2.75, 3.05) is 33.3 Å².